The van der Waals surface area contributed by atoms with Gasteiger partial charge in [-0.2, -0.15) is 5.26 Å². The fourth-order valence-corrected chi connectivity index (χ4v) is 2.72. The van der Waals surface area contributed by atoms with Crippen molar-refractivity contribution in [3.63, 3.8) is 0 Å². The highest BCUT2D eigenvalue weighted by Gasteiger charge is 2.24. The van der Waals surface area contributed by atoms with Gasteiger partial charge in [-0.1, -0.05) is 13.0 Å². The van der Waals surface area contributed by atoms with Crippen molar-refractivity contribution >= 4 is 21.7 Å². The third kappa shape index (κ3) is 3.45. The Labute approximate surface area is 111 Å². The number of nitrogens with zero attached hydrogens (tertiary/aromatic N) is 1. The smallest absolute Gasteiger partial charge is 0.335 e. The number of hydrogen-bond donors (Lipinski definition) is 2. The number of carbonyl (C=O) groups is 1. The lowest BCUT2D eigenvalue weighted by Gasteiger charge is -2.13. The molecule has 0 fully saturated rings. The molecule has 7 heteroatoms. The van der Waals surface area contributed by atoms with Crippen LogP contribution in [-0.4, -0.2) is 24.7 Å². The lowest BCUT2D eigenvalue weighted by molar-refractivity contribution is 0.0697. The van der Waals surface area contributed by atoms with Crippen LogP contribution in [0.25, 0.3) is 0 Å². The monoisotopic (exact) mass is 282 g/mol. The minimum atomic E-state index is -3.84. The zero-order valence-corrected chi connectivity index (χ0v) is 11.4. The van der Waals surface area contributed by atoms with Gasteiger partial charge in [0.25, 0.3) is 0 Å². The minimum absolute atomic E-state index is 0.0201. The van der Waals surface area contributed by atoms with Gasteiger partial charge in [0, 0.05) is 0 Å². The van der Waals surface area contributed by atoms with Crippen LogP contribution in [0.4, 0.5) is 5.69 Å². The molecule has 1 aromatic carbocycles. The fraction of sp³-hybridized carbons (Fsp3) is 0.333. The van der Waals surface area contributed by atoms with Gasteiger partial charge in [-0.15, -0.1) is 0 Å². The van der Waals surface area contributed by atoms with Gasteiger partial charge in [0.1, 0.15) is 0 Å². The van der Waals surface area contributed by atoms with Crippen LogP contribution in [0.2, 0.25) is 0 Å². The maximum Gasteiger partial charge on any atom is 0.335 e. The predicted octanol–water partition coefficient (Wildman–Crippen LogP) is 1.74. The first-order chi connectivity index (χ1) is 8.81. The standard InChI is InChI=1S/C12H14N2O4S/c1-3-10(7-13)19(17,18)14-11-6-9(12(15)16)5-4-8(11)2/h4-6,10,14H,3H2,1-2H3,(H,15,16). The summed E-state index contributed by atoms with van der Waals surface area (Å²) in [6.07, 6.45) is 0.156. The Balaban J connectivity index is 3.16. The summed E-state index contributed by atoms with van der Waals surface area (Å²) in [5.74, 6) is -1.15. The average Bonchev–Trinajstić information content (AvgIpc) is 2.32. The molecule has 0 spiro atoms. The molecule has 19 heavy (non-hydrogen) atoms. The van der Waals surface area contributed by atoms with E-state index in [4.69, 9.17) is 10.4 Å². The molecule has 0 amide bonds. The van der Waals surface area contributed by atoms with Crippen molar-refractivity contribution in [2.75, 3.05) is 4.72 Å². The second-order valence-corrected chi connectivity index (χ2v) is 5.87. The van der Waals surface area contributed by atoms with Crippen LogP contribution < -0.4 is 4.72 Å². The number of anilines is 1. The van der Waals surface area contributed by atoms with Crippen LogP contribution in [0, 0.1) is 18.3 Å². The van der Waals surface area contributed by atoms with Gasteiger partial charge in [0.15, 0.2) is 5.25 Å². The summed E-state index contributed by atoms with van der Waals surface area (Å²) in [6, 6.07) is 5.83. The molecule has 1 atom stereocenters. The number of carboxylic acid groups (broad SMARTS) is 1. The second-order valence-electron chi connectivity index (χ2n) is 4.01. The highest BCUT2D eigenvalue weighted by atomic mass is 32.2. The largest absolute Gasteiger partial charge is 0.478 e. The molecule has 0 aliphatic heterocycles. The Kier molecular flexibility index (Phi) is 4.51. The first kappa shape index (κ1) is 15.0. The number of nitrogens with one attached hydrogen (secondary N) is 1. The molecule has 0 saturated heterocycles. The zero-order chi connectivity index (χ0) is 14.6. The molecule has 0 saturated carbocycles. The summed E-state index contributed by atoms with van der Waals surface area (Å²) in [6.45, 7) is 3.24. The number of carboxylic acids is 1. The van der Waals surface area contributed by atoms with Crippen molar-refractivity contribution in [2.45, 2.75) is 25.5 Å². The highest BCUT2D eigenvalue weighted by Crippen LogP contribution is 2.20. The van der Waals surface area contributed by atoms with E-state index in [1.807, 2.05) is 0 Å². The summed E-state index contributed by atoms with van der Waals surface area (Å²) in [7, 11) is -3.84. The Morgan fingerprint density at radius 1 is 1.53 bits per heavy atom. The average molecular weight is 282 g/mol. The maximum absolute atomic E-state index is 11.9. The SMILES string of the molecule is CCC(C#N)S(=O)(=O)Nc1cc(C(=O)O)ccc1C. The molecule has 1 unspecified atom stereocenters. The van der Waals surface area contributed by atoms with Crippen LogP contribution in [0.5, 0.6) is 0 Å². The molecule has 0 heterocycles. The van der Waals surface area contributed by atoms with E-state index in [0.717, 1.165) is 0 Å². The van der Waals surface area contributed by atoms with E-state index in [2.05, 4.69) is 4.72 Å². The fourth-order valence-electron chi connectivity index (χ4n) is 1.47. The normalized spacial score (nSPS) is 12.5. The van der Waals surface area contributed by atoms with Crippen molar-refractivity contribution in [1.82, 2.24) is 0 Å². The second kappa shape index (κ2) is 5.71. The third-order valence-corrected chi connectivity index (χ3v) is 4.32. The van der Waals surface area contributed by atoms with E-state index in [1.54, 1.807) is 19.9 Å². The van der Waals surface area contributed by atoms with Crippen LogP contribution in [0.15, 0.2) is 18.2 Å². The van der Waals surface area contributed by atoms with Crippen molar-refractivity contribution in [3.8, 4) is 6.07 Å². The minimum Gasteiger partial charge on any atom is -0.478 e. The van der Waals surface area contributed by atoms with E-state index >= 15 is 0 Å². The number of rotatable bonds is 5. The van der Waals surface area contributed by atoms with Crippen molar-refractivity contribution in [3.05, 3.63) is 29.3 Å². The molecule has 0 aromatic heterocycles. The molecule has 6 nitrogen and oxygen atoms in total. The van der Waals surface area contributed by atoms with E-state index in [-0.39, 0.29) is 17.7 Å². The van der Waals surface area contributed by atoms with Crippen molar-refractivity contribution in [1.29, 1.82) is 5.26 Å². The maximum atomic E-state index is 11.9. The van der Waals surface area contributed by atoms with Crippen molar-refractivity contribution in [2.24, 2.45) is 0 Å². The van der Waals surface area contributed by atoms with Gasteiger partial charge < -0.3 is 5.11 Å². The van der Waals surface area contributed by atoms with Gasteiger partial charge >= 0.3 is 5.97 Å². The Morgan fingerprint density at radius 3 is 2.63 bits per heavy atom. The molecule has 2 N–H and O–H groups in total. The summed E-state index contributed by atoms with van der Waals surface area (Å²) < 4.78 is 26.1. The topological polar surface area (TPSA) is 107 Å². The van der Waals surface area contributed by atoms with Crippen LogP contribution in [-0.2, 0) is 10.0 Å². The molecule has 0 radical (unpaired) electrons. The van der Waals surface area contributed by atoms with E-state index < -0.39 is 21.2 Å². The highest BCUT2D eigenvalue weighted by molar-refractivity contribution is 7.93. The van der Waals surface area contributed by atoms with Crippen molar-refractivity contribution < 1.29 is 18.3 Å². The molecule has 0 bridgehead atoms. The Morgan fingerprint density at radius 2 is 2.16 bits per heavy atom. The lowest BCUT2D eigenvalue weighted by atomic mass is 10.1. The number of aryl methyl sites for hydroxylation is 1. The van der Waals surface area contributed by atoms with Crippen LogP contribution >= 0.6 is 0 Å². The zero-order valence-electron chi connectivity index (χ0n) is 10.5. The number of hydrogen-bond acceptors (Lipinski definition) is 4. The Bertz CT molecular complexity index is 632. The van der Waals surface area contributed by atoms with E-state index in [0.29, 0.717) is 5.56 Å². The van der Waals surface area contributed by atoms with Gasteiger partial charge in [0.05, 0.1) is 17.3 Å². The third-order valence-electron chi connectivity index (χ3n) is 2.63. The number of benzene rings is 1. The quantitative estimate of drug-likeness (QED) is 0.855. The van der Waals surface area contributed by atoms with Crippen LogP contribution in [0.1, 0.15) is 29.3 Å². The predicted molar refractivity (Wildman–Crippen MR) is 70.4 cm³/mol. The summed E-state index contributed by atoms with van der Waals surface area (Å²) >= 11 is 0. The summed E-state index contributed by atoms with van der Waals surface area (Å²) in [5, 5.41) is 16.5. The lowest BCUT2D eigenvalue weighted by Crippen LogP contribution is -2.26. The molecular weight excluding hydrogens is 268 g/mol. The summed E-state index contributed by atoms with van der Waals surface area (Å²) in [5.41, 5.74) is 0.739. The molecule has 102 valence electrons. The summed E-state index contributed by atoms with van der Waals surface area (Å²) in [4.78, 5) is 10.8. The molecular formula is C12H14N2O4S. The van der Waals surface area contributed by atoms with Gasteiger partial charge in [-0.05, 0) is 31.0 Å². The molecule has 1 rings (SSSR count). The van der Waals surface area contributed by atoms with Gasteiger partial charge in [0.2, 0.25) is 10.0 Å². The number of sulfonamides is 1. The molecule has 0 aliphatic carbocycles. The number of nitriles is 1. The van der Waals surface area contributed by atoms with Gasteiger partial charge in [-0.25, -0.2) is 13.2 Å². The first-order valence-corrected chi connectivity index (χ1v) is 7.11. The van der Waals surface area contributed by atoms with E-state index in [9.17, 15) is 13.2 Å². The van der Waals surface area contributed by atoms with E-state index in [1.165, 1.54) is 18.2 Å². The number of aromatic carboxylic acids is 1. The van der Waals surface area contributed by atoms with Gasteiger partial charge in [-0.3, -0.25) is 4.72 Å². The van der Waals surface area contributed by atoms with Crippen LogP contribution in [0.3, 0.4) is 0 Å². The Hall–Kier alpha value is -2.07. The first-order valence-electron chi connectivity index (χ1n) is 5.57. The molecule has 0 aliphatic rings. The molecule has 1 aromatic rings.